The van der Waals surface area contributed by atoms with Gasteiger partial charge in [-0.2, -0.15) is 4.98 Å². The van der Waals surface area contributed by atoms with Crippen LogP contribution in [0.3, 0.4) is 0 Å². The van der Waals surface area contributed by atoms with Gasteiger partial charge in [-0.25, -0.2) is 0 Å². The van der Waals surface area contributed by atoms with E-state index in [4.69, 9.17) is 4.52 Å². The van der Waals surface area contributed by atoms with Gasteiger partial charge in [0.1, 0.15) is 0 Å². The molecule has 1 N–H and O–H groups in total. The van der Waals surface area contributed by atoms with Crippen molar-refractivity contribution in [3.05, 3.63) is 5.82 Å². The second kappa shape index (κ2) is 2.97. The van der Waals surface area contributed by atoms with Crippen molar-refractivity contribution in [3.8, 4) is 0 Å². The summed E-state index contributed by atoms with van der Waals surface area (Å²) in [6.07, 6.45) is 1.17. The zero-order valence-corrected chi connectivity index (χ0v) is 9.16. The normalized spacial score (nSPS) is 23.9. The van der Waals surface area contributed by atoms with Crippen molar-refractivity contribution < 1.29 is 4.52 Å². The van der Waals surface area contributed by atoms with E-state index >= 15 is 0 Å². The van der Waals surface area contributed by atoms with Crippen LogP contribution < -0.4 is 5.32 Å². The highest BCUT2D eigenvalue weighted by molar-refractivity contribution is 5.27. The van der Waals surface area contributed by atoms with Gasteiger partial charge >= 0.3 is 6.01 Å². The first-order valence-electron chi connectivity index (χ1n) is 5.09. The van der Waals surface area contributed by atoms with E-state index in [0.717, 1.165) is 5.82 Å². The van der Waals surface area contributed by atoms with Gasteiger partial charge in [-0.05, 0) is 11.8 Å². The smallest absolute Gasteiger partial charge is 0.321 e. The van der Waals surface area contributed by atoms with E-state index in [1.165, 1.54) is 6.42 Å². The van der Waals surface area contributed by atoms with E-state index in [1.807, 2.05) is 0 Å². The molecule has 0 aliphatic heterocycles. The van der Waals surface area contributed by atoms with Crippen LogP contribution >= 0.6 is 0 Å². The lowest BCUT2D eigenvalue weighted by Gasteiger charge is -2.01. The molecule has 1 aromatic rings. The van der Waals surface area contributed by atoms with Gasteiger partial charge in [-0.3, -0.25) is 0 Å². The Morgan fingerprint density at radius 3 is 2.57 bits per heavy atom. The number of nitrogens with zero attached hydrogens (tertiary/aromatic N) is 2. The number of nitrogens with one attached hydrogen (secondary N) is 1. The van der Waals surface area contributed by atoms with E-state index in [0.29, 0.717) is 23.4 Å². The van der Waals surface area contributed by atoms with Crippen LogP contribution in [0.25, 0.3) is 0 Å². The zero-order chi connectivity index (χ0) is 10.3. The lowest BCUT2D eigenvalue weighted by molar-refractivity contribution is 0.417. The van der Waals surface area contributed by atoms with Crippen molar-refractivity contribution in [2.24, 2.45) is 5.41 Å². The molecule has 78 valence electrons. The van der Waals surface area contributed by atoms with E-state index < -0.39 is 0 Å². The summed E-state index contributed by atoms with van der Waals surface area (Å²) in [6.45, 7) is 8.56. The minimum absolute atomic E-state index is 0.321. The quantitative estimate of drug-likeness (QED) is 0.804. The molecule has 0 saturated heterocycles. The third-order valence-electron chi connectivity index (χ3n) is 2.77. The van der Waals surface area contributed by atoms with Crippen LogP contribution in [-0.4, -0.2) is 16.2 Å². The maximum absolute atomic E-state index is 5.10. The molecule has 1 saturated carbocycles. The molecular formula is C10H17N3O. The molecule has 1 fully saturated rings. The Morgan fingerprint density at radius 2 is 2.14 bits per heavy atom. The average Bonchev–Trinajstić information content (AvgIpc) is 2.51. The van der Waals surface area contributed by atoms with Crippen molar-refractivity contribution >= 4 is 6.01 Å². The first-order chi connectivity index (χ1) is 6.49. The predicted molar refractivity (Wildman–Crippen MR) is 54.2 cm³/mol. The highest BCUT2D eigenvalue weighted by Crippen LogP contribution is 2.46. The Hall–Kier alpha value is -1.06. The molecule has 0 amide bonds. The number of hydrogen-bond donors (Lipinski definition) is 1. The fraction of sp³-hybridized carbons (Fsp3) is 0.800. The van der Waals surface area contributed by atoms with Gasteiger partial charge in [-0.1, -0.05) is 32.9 Å². The molecule has 1 heterocycles. The highest BCUT2D eigenvalue weighted by atomic mass is 16.5. The molecule has 14 heavy (non-hydrogen) atoms. The van der Waals surface area contributed by atoms with E-state index in [1.54, 1.807) is 0 Å². The van der Waals surface area contributed by atoms with Crippen LogP contribution in [0.1, 0.15) is 45.9 Å². The van der Waals surface area contributed by atoms with Crippen molar-refractivity contribution in [1.82, 2.24) is 10.1 Å². The van der Waals surface area contributed by atoms with Crippen molar-refractivity contribution in [2.75, 3.05) is 5.32 Å². The second-order valence-corrected chi connectivity index (χ2v) is 5.00. The van der Waals surface area contributed by atoms with Gasteiger partial charge in [0.25, 0.3) is 0 Å². The molecular weight excluding hydrogens is 178 g/mol. The molecule has 0 radical (unpaired) electrons. The molecule has 0 spiro atoms. The second-order valence-electron chi connectivity index (χ2n) is 5.00. The third kappa shape index (κ3) is 1.74. The summed E-state index contributed by atoms with van der Waals surface area (Å²) in [7, 11) is 0. The largest absolute Gasteiger partial charge is 0.334 e. The lowest BCUT2D eigenvalue weighted by Crippen LogP contribution is -2.08. The Bertz CT molecular complexity index is 330. The Balaban J connectivity index is 1.98. The summed E-state index contributed by atoms with van der Waals surface area (Å²) >= 11 is 0. The highest BCUT2D eigenvalue weighted by Gasteiger charge is 2.46. The molecule has 1 atom stereocenters. The van der Waals surface area contributed by atoms with Crippen molar-refractivity contribution in [3.63, 3.8) is 0 Å². The van der Waals surface area contributed by atoms with Gasteiger partial charge < -0.3 is 9.84 Å². The molecule has 4 heteroatoms. The summed E-state index contributed by atoms with van der Waals surface area (Å²) in [5, 5.41) is 7.14. The van der Waals surface area contributed by atoms with Crippen LogP contribution in [0.5, 0.6) is 0 Å². The fourth-order valence-electron chi connectivity index (χ4n) is 1.39. The SMILES string of the molecule is CC(C)c1noc(NC2CC2(C)C)n1. The van der Waals surface area contributed by atoms with Gasteiger partial charge in [0.15, 0.2) is 5.82 Å². The molecule has 1 aliphatic rings. The molecule has 0 aromatic carbocycles. The number of aromatic nitrogens is 2. The van der Waals surface area contributed by atoms with Crippen LogP contribution in [0.15, 0.2) is 4.52 Å². The molecule has 1 aliphatic carbocycles. The average molecular weight is 195 g/mol. The lowest BCUT2D eigenvalue weighted by atomic mass is 10.2. The van der Waals surface area contributed by atoms with E-state index in [-0.39, 0.29) is 0 Å². The molecule has 2 rings (SSSR count). The van der Waals surface area contributed by atoms with Crippen molar-refractivity contribution in [1.29, 1.82) is 0 Å². The van der Waals surface area contributed by atoms with Gasteiger partial charge in [-0.15, -0.1) is 0 Å². The van der Waals surface area contributed by atoms with Gasteiger partial charge in [0.05, 0.1) is 0 Å². The molecule has 1 unspecified atom stereocenters. The summed E-state index contributed by atoms with van der Waals surface area (Å²) in [5.41, 5.74) is 0.381. The number of hydrogen-bond acceptors (Lipinski definition) is 4. The van der Waals surface area contributed by atoms with Crippen LogP contribution in [0.4, 0.5) is 6.01 Å². The Kier molecular flexibility index (Phi) is 2.01. The summed E-state index contributed by atoms with van der Waals surface area (Å²) in [6, 6.07) is 1.05. The van der Waals surface area contributed by atoms with Crippen LogP contribution in [0.2, 0.25) is 0 Å². The minimum Gasteiger partial charge on any atom is -0.334 e. The fourth-order valence-corrected chi connectivity index (χ4v) is 1.39. The van der Waals surface area contributed by atoms with E-state index in [2.05, 4.69) is 43.2 Å². The van der Waals surface area contributed by atoms with Crippen LogP contribution in [-0.2, 0) is 0 Å². The maximum Gasteiger partial charge on any atom is 0.321 e. The summed E-state index contributed by atoms with van der Waals surface area (Å²) in [5.74, 6) is 1.09. The summed E-state index contributed by atoms with van der Waals surface area (Å²) < 4.78 is 5.10. The third-order valence-corrected chi connectivity index (χ3v) is 2.77. The first kappa shape index (κ1) is 9.49. The van der Waals surface area contributed by atoms with Gasteiger partial charge in [0, 0.05) is 12.0 Å². The monoisotopic (exact) mass is 195 g/mol. The Morgan fingerprint density at radius 1 is 1.50 bits per heavy atom. The first-order valence-corrected chi connectivity index (χ1v) is 5.09. The minimum atomic E-state index is 0.321. The standard InChI is InChI=1S/C10H17N3O/c1-6(2)8-12-9(14-13-8)11-7-5-10(7,3)4/h6-7H,5H2,1-4H3,(H,11,12,13). The Labute approximate surface area is 84.1 Å². The molecule has 1 aromatic heterocycles. The van der Waals surface area contributed by atoms with Crippen molar-refractivity contribution in [2.45, 2.75) is 46.1 Å². The maximum atomic E-state index is 5.10. The number of rotatable bonds is 3. The van der Waals surface area contributed by atoms with E-state index in [9.17, 15) is 0 Å². The topological polar surface area (TPSA) is 51.0 Å². The summed E-state index contributed by atoms with van der Waals surface area (Å²) in [4.78, 5) is 4.27. The van der Waals surface area contributed by atoms with Crippen LogP contribution in [0, 0.1) is 5.41 Å². The predicted octanol–water partition coefficient (Wildman–Crippen LogP) is 2.40. The van der Waals surface area contributed by atoms with Gasteiger partial charge in [0.2, 0.25) is 0 Å². The zero-order valence-electron chi connectivity index (χ0n) is 9.16. The molecule has 4 nitrogen and oxygen atoms in total. The number of anilines is 1. The molecule has 0 bridgehead atoms.